The van der Waals surface area contributed by atoms with E-state index < -0.39 is 0 Å². The number of nitrogens with one attached hydrogen (secondary N) is 1. The van der Waals surface area contributed by atoms with Gasteiger partial charge in [-0.05, 0) is 30.4 Å². The Labute approximate surface area is 107 Å². The number of hydrogen-bond donors (Lipinski definition) is 1. The van der Waals surface area contributed by atoms with E-state index in [-0.39, 0.29) is 10.8 Å². The first-order valence-electron chi connectivity index (χ1n) is 6.30. The zero-order chi connectivity index (χ0) is 12.4. The van der Waals surface area contributed by atoms with Crippen LogP contribution in [0.25, 0.3) is 0 Å². The van der Waals surface area contributed by atoms with Gasteiger partial charge in [0.15, 0.2) is 5.82 Å². The van der Waals surface area contributed by atoms with E-state index in [0.717, 1.165) is 6.42 Å². The minimum Gasteiger partial charge on any atom is -0.380 e. The molecule has 0 radical (unpaired) electrons. The van der Waals surface area contributed by atoms with Crippen molar-refractivity contribution in [2.24, 2.45) is 11.8 Å². The van der Waals surface area contributed by atoms with Crippen molar-refractivity contribution in [3.63, 3.8) is 0 Å². The number of hydrogen-bond acceptors (Lipinski definition) is 1. The van der Waals surface area contributed by atoms with Gasteiger partial charge in [0.2, 0.25) is 0 Å². The molecule has 0 saturated heterocycles. The molecule has 1 saturated carbocycles. The molecule has 0 bridgehead atoms. The average Bonchev–Trinajstić information content (AvgIpc) is 2.31. The van der Waals surface area contributed by atoms with E-state index in [1.165, 1.54) is 12.8 Å². The van der Waals surface area contributed by atoms with Gasteiger partial charge < -0.3 is 5.32 Å². The molecule has 0 spiro atoms. The summed E-state index contributed by atoms with van der Waals surface area (Å²) in [5.74, 6) is 0.935. The minimum atomic E-state index is -0.334. The van der Waals surface area contributed by atoms with Crippen molar-refractivity contribution in [1.29, 1.82) is 0 Å². The van der Waals surface area contributed by atoms with Crippen LogP contribution < -0.4 is 5.32 Å². The van der Waals surface area contributed by atoms with E-state index in [2.05, 4.69) is 19.2 Å². The highest BCUT2D eigenvalue weighted by Crippen LogP contribution is 2.32. The molecule has 1 aromatic carbocycles. The second kappa shape index (κ2) is 5.26. The summed E-state index contributed by atoms with van der Waals surface area (Å²) in [5.41, 5.74) is 0.531. The number of benzene rings is 1. The Bertz CT molecular complexity index is 394. The Morgan fingerprint density at radius 3 is 2.82 bits per heavy atom. The van der Waals surface area contributed by atoms with Gasteiger partial charge in [-0.2, -0.15) is 0 Å². The van der Waals surface area contributed by atoms with Crippen molar-refractivity contribution in [3.8, 4) is 0 Å². The van der Waals surface area contributed by atoms with Crippen LogP contribution in [0.2, 0.25) is 5.02 Å². The molecule has 3 unspecified atom stereocenters. The highest BCUT2D eigenvalue weighted by molar-refractivity contribution is 6.31. The van der Waals surface area contributed by atoms with Gasteiger partial charge in [-0.15, -0.1) is 0 Å². The summed E-state index contributed by atoms with van der Waals surface area (Å²) in [5, 5.41) is 3.50. The number of rotatable bonds is 2. The van der Waals surface area contributed by atoms with Gasteiger partial charge in [-0.25, -0.2) is 4.39 Å². The van der Waals surface area contributed by atoms with Crippen LogP contribution in [0.4, 0.5) is 10.1 Å². The van der Waals surface area contributed by atoms with Crippen LogP contribution in [0, 0.1) is 17.7 Å². The first-order valence-corrected chi connectivity index (χ1v) is 6.68. The quantitative estimate of drug-likeness (QED) is 0.807. The van der Waals surface area contributed by atoms with E-state index in [4.69, 9.17) is 11.6 Å². The predicted molar refractivity (Wildman–Crippen MR) is 71.0 cm³/mol. The fourth-order valence-corrected chi connectivity index (χ4v) is 2.78. The van der Waals surface area contributed by atoms with Gasteiger partial charge in [0, 0.05) is 6.04 Å². The molecule has 3 heteroatoms. The third kappa shape index (κ3) is 2.74. The van der Waals surface area contributed by atoms with Crippen LogP contribution in [-0.2, 0) is 0 Å². The largest absolute Gasteiger partial charge is 0.380 e. The topological polar surface area (TPSA) is 12.0 Å². The molecule has 1 fully saturated rings. The molecule has 0 heterocycles. The zero-order valence-corrected chi connectivity index (χ0v) is 11.1. The van der Waals surface area contributed by atoms with Gasteiger partial charge in [-0.1, -0.05) is 44.4 Å². The van der Waals surface area contributed by atoms with E-state index in [9.17, 15) is 4.39 Å². The molecule has 17 heavy (non-hydrogen) atoms. The van der Waals surface area contributed by atoms with Crippen LogP contribution in [0.5, 0.6) is 0 Å². The van der Waals surface area contributed by atoms with Gasteiger partial charge in [0.05, 0.1) is 10.7 Å². The fourth-order valence-electron chi connectivity index (χ4n) is 2.60. The molecule has 1 aliphatic rings. The monoisotopic (exact) mass is 255 g/mol. The smallest absolute Gasteiger partial charge is 0.164 e. The lowest BCUT2D eigenvalue weighted by atomic mass is 9.78. The molecule has 0 aliphatic heterocycles. The first kappa shape index (κ1) is 12.7. The maximum absolute atomic E-state index is 13.8. The third-order valence-electron chi connectivity index (χ3n) is 4.00. The molecule has 1 nitrogen and oxygen atoms in total. The molecule has 1 aromatic rings. The standard InChI is InChI=1S/C14H19ClFN/c1-9-5-3-7-12(10(9)2)17-13-8-4-6-11(15)14(13)16/h4,6,8-10,12,17H,3,5,7H2,1-2H3. The van der Waals surface area contributed by atoms with Crippen LogP contribution in [-0.4, -0.2) is 6.04 Å². The van der Waals surface area contributed by atoms with Crippen molar-refractivity contribution in [3.05, 3.63) is 29.0 Å². The van der Waals surface area contributed by atoms with Crippen molar-refractivity contribution >= 4 is 17.3 Å². The van der Waals surface area contributed by atoms with Gasteiger partial charge in [0.25, 0.3) is 0 Å². The highest BCUT2D eigenvalue weighted by Gasteiger charge is 2.27. The van der Waals surface area contributed by atoms with Crippen LogP contribution in [0.15, 0.2) is 18.2 Å². The number of anilines is 1. The van der Waals surface area contributed by atoms with Gasteiger partial charge in [0.1, 0.15) is 0 Å². The van der Waals surface area contributed by atoms with Crippen molar-refractivity contribution in [1.82, 2.24) is 0 Å². The summed E-state index contributed by atoms with van der Waals surface area (Å²) < 4.78 is 13.8. The molecule has 1 N–H and O–H groups in total. The lowest BCUT2D eigenvalue weighted by Gasteiger charge is -2.35. The summed E-state index contributed by atoms with van der Waals surface area (Å²) in [4.78, 5) is 0. The van der Waals surface area contributed by atoms with E-state index in [1.54, 1.807) is 18.2 Å². The molecule has 3 atom stereocenters. The zero-order valence-electron chi connectivity index (χ0n) is 10.3. The predicted octanol–water partition coefficient (Wildman–Crippen LogP) is 4.72. The van der Waals surface area contributed by atoms with E-state index in [0.29, 0.717) is 23.6 Å². The Morgan fingerprint density at radius 1 is 1.29 bits per heavy atom. The SMILES string of the molecule is CC1CCCC(Nc2cccc(Cl)c2F)C1C. The van der Waals surface area contributed by atoms with Gasteiger partial charge >= 0.3 is 0 Å². The Hall–Kier alpha value is -0.760. The minimum absolute atomic E-state index is 0.187. The second-order valence-corrected chi connectivity index (χ2v) is 5.53. The van der Waals surface area contributed by atoms with Crippen LogP contribution in [0.1, 0.15) is 33.1 Å². The van der Waals surface area contributed by atoms with Crippen LogP contribution >= 0.6 is 11.6 Å². The number of halogens is 2. The van der Waals surface area contributed by atoms with E-state index >= 15 is 0 Å². The van der Waals surface area contributed by atoms with Crippen molar-refractivity contribution < 1.29 is 4.39 Å². The molecule has 0 amide bonds. The summed E-state index contributed by atoms with van der Waals surface area (Å²) in [6, 6.07) is 5.47. The average molecular weight is 256 g/mol. The summed E-state index contributed by atoms with van der Waals surface area (Å²) in [6.07, 6.45) is 3.60. The Balaban J connectivity index is 2.12. The van der Waals surface area contributed by atoms with E-state index in [1.807, 2.05) is 0 Å². The molecular formula is C14H19ClFN. The molecular weight excluding hydrogens is 237 g/mol. The third-order valence-corrected chi connectivity index (χ3v) is 4.29. The second-order valence-electron chi connectivity index (χ2n) is 5.12. The lowest BCUT2D eigenvalue weighted by Crippen LogP contribution is -2.35. The van der Waals surface area contributed by atoms with Gasteiger partial charge in [-0.3, -0.25) is 0 Å². The Kier molecular flexibility index (Phi) is 3.93. The first-order chi connectivity index (χ1) is 8.09. The van der Waals surface area contributed by atoms with Crippen molar-refractivity contribution in [2.45, 2.75) is 39.2 Å². The summed E-state index contributed by atoms with van der Waals surface area (Å²) in [7, 11) is 0. The molecule has 2 rings (SSSR count). The summed E-state index contributed by atoms with van der Waals surface area (Å²) >= 11 is 5.78. The maximum atomic E-state index is 13.8. The summed E-state index contributed by atoms with van der Waals surface area (Å²) in [6.45, 7) is 4.51. The normalized spacial score (nSPS) is 29.1. The Morgan fingerprint density at radius 2 is 2.06 bits per heavy atom. The fraction of sp³-hybridized carbons (Fsp3) is 0.571. The molecule has 1 aliphatic carbocycles. The molecule has 94 valence electrons. The van der Waals surface area contributed by atoms with Crippen LogP contribution in [0.3, 0.4) is 0 Å². The molecule has 0 aromatic heterocycles. The maximum Gasteiger partial charge on any atom is 0.164 e. The van der Waals surface area contributed by atoms with Crippen molar-refractivity contribution in [2.75, 3.05) is 5.32 Å². The lowest BCUT2D eigenvalue weighted by molar-refractivity contribution is 0.253. The highest BCUT2D eigenvalue weighted by atomic mass is 35.5.